The van der Waals surface area contributed by atoms with Gasteiger partial charge in [-0.25, -0.2) is 0 Å². The molecular weight excluding hydrogens is 198 g/mol. The van der Waals surface area contributed by atoms with Crippen molar-refractivity contribution in [1.29, 1.82) is 0 Å². The minimum atomic E-state index is -0.555. The normalized spacial score (nSPS) is 12.2. The first-order valence-corrected chi connectivity index (χ1v) is 4.54. The van der Waals surface area contributed by atoms with E-state index in [0.29, 0.717) is 17.7 Å². The maximum Gasteiger partial charge on any atom is 0.269 e. The van der Waals surface area contributed by atoms with Crippen molar-refractivity contribution in [3.05, 3.63) is 33.9 Å². The van der Waals surface area contributed by atoms with Gasteiger partial charge in [0.1, 0.15) is 5.75 Å². The average Bonchev–Trinajstić information content (AvgIpc) is 2.16. The molecule has 82 valence electrons. The Labute approximate surface area is 87.5 Å². The van der Waals surface area contributed by atoms with Crippen LogP contribution in [0, 0.1) is 10.1 Å². The van der Waals surface area contributed by atoms with Crippen LogP contribution < -0.4 is 4.74 Å². The number of non-ortho nitro benzene ring substituents is 1. The molecule has 1 unspecified atom stereocenters. The van der Waals surface area contributed by atoms with Crippen molar-refractivity contribution >= 4 is 5.69 Å². The minimum absolute atomic E-state index is 0.00597. The van der Waals surface area contributed by atoms with Gasteiger partial charge < -0.3 is 9.84 Å². The van der Waals surface area contributed by atoms with Crippen molar-refractivity contribution < 1.29 is 14.8 Å². The van der Waals surface area contributed by atoms with Crippen LogP contribution in [-0.2, 0) is 6.42 Å². The molecule has 0 fully saturated rings. The second-order valence-electron chi connectivity index (χ2n) is 3.31. The number of methoxy groups -OCH3 is 1. The molecule has 0 aliphatic rings. The van der Waals surface area contributed by atoms with Crippen LogP contribution in [0.4, 0.5) is 5.69 Å². The molecule has 1 aromatic carbocycles. The number of aliphatic hydroxyl groups is 1. The predicted molar refractivity (Wildman–Crippen MR) is 55.0 cm³/mol. The molecule has 1 atom stereocenters. The summed E-state index contributed by atoms with van der Waals surface area (Å²) in [5.74, 6) is 0.557. The third kappa shape index (κ3) is 2.92. The summed E-state index contributed by atoms with van der Waals surface area (Å²) >= 11 is 0. The lowest BCUT2D eigenvalue weighted by atomic mass is 10.1. The Bertz CT molecular complexity index is 362. The summed E-state index contributed by atoms with van der Waals surface area (Å²) in [7, 11) is 1.49. The van der Waals surface area contributed by atoms with Crippen molar-refractivity contribution in [3.8, 4) is 5.75 Å². The molecule has 0 radical (unpaired) electrons. The van der Waals surface area contributed by atoms with Crippen LogP contribution in [0.5, 0.6) is 5.75 Å². The van der Waals surface area contributed by atoms with E-state index in [9.17, 15) is 15.2 Å². The van der Waals surface area contributed by atoms with Crippen molar-refractivity contribution in [2.75, 3.05) is 7.11 Å². The van der Waals surface area contributed by atoms with E-state index in [2.05, 4.69) is 0 Å². The number of ether oxygens (including phenoxy) is 1. The van der Waals surface area contributed by atoms with Gasteiger partial charge in [0.2, 0.25) is 0 Å². The van der Waals surface area contributed by atoms with Crippen molar-refractivity contribution in [1.82, 2.24) is 0 Å². The summed E-state index contributed by atoms with van der Waals surface area (Å²) in [4.78, 5) is 10.1. The smallest absolute Gasteiger partial charge is 0.269 e. The summed E-state index contributed by atoms with van der Waals surface area (Å²) in [6.45, 7) is 1.62. The number of nitro groups is 1. The molecule has 0 aromatic heterocycles. The molecule has 0 amide bonds. The molecule has 0 bridgehead atoms. The van der Waals surface area contributed by atoms with Gasteiger partial charge in [0.25, 0.3) is 5.69 Å². The summed E-state index contributed by atoms with van der Waals surface area (Å²) in [6, 6.07) is 4.34. The Hall–Kier alpha value is -1.62. The van der Waals surface area contributed by atoms with Gasteiger partial charge in [-0.3, -0.25) is 10.1 Å². The van der Waals surface area contributed by atoms with E-state index in [1.165, 1.54) is 25.3 Å². The summed E-state index contributed by atoms with van der Waals surface area (Å²) in [6.07, 6.45) is -0.217. The number of nitro benzene ring substituents is 1. The molecule has 0 heterocycles. The van der Waals surface area contributed by atoms with E-state index in [1.807, 2.05) is 0 Å². The molecule has 0 aliphatic heterocycles. The minimum Gasteiger partial charge on any atom is -0.496 e. The molecular formula is C10H13NO4. The highest BCUT2D eigenvalue weighted by atomic mass is 16.6. The average molecular weight is 211 g/mol. The zero-order valence-corrected chi connectivity index (χ0v) is 8.64. The first-order chi connectivity index (χ1) is 7.04. The molecule has 5 nitrogen and oxygen atoms in total. The molecule has 1 rings (SSSR count). The second kappa shape index (κ2) is 4.75. The molecule has 0 spiro atoms. The molecule has 0 saturated heterocycles. The topological polar surface area (TPSA) is 72.6 Å². The first-order valence-electron chi connectivity index (χ1n) is 4.54. The van der Waals surface area contributed by atoms with E-state index in [1.54, 1.807) is 6.92 Å². The van der Waals surface area contributed by atoms with E-state index < -0.39 is 11.0 Å². The zero-order valence-electron chi connectivity index (χ0n) is 8.64. The number of benzene rings is 1. The molecule has 5 heteroatoms. The highest BCUT2D eigenvalue weighted by Gasteiger charge is 2.12. The highest BCUT2D eigenvalue weighted by Crippen LogP contribution is 2.24. The van der Waals surface area contributed by atoms with Crippen molar-refractivity contribution in [2.24, 2.45) is 0 Å². The number of hydrogen-bond donors (Lipinski definition) is 1. The molecule has 1 aromatic rings. The van der Waals surface area contributed by atoms with Gasteiger partial charge in [0.15, 0.2) is 0 Å². The van der Waals surface area contributed by atoms with E-state index in [0.717, 1.165) is 0 Å². The number of aliphatic hydroxyl groups excluding tert-OH is 1. The summed E-state index contributed by atoms with van der Waals surface area (Å²) in [5.41, 5.74) is 0.646. The SMILES string of the molecule is COc1ccc([N+](=O)[O-])cc1CC(C)O. The van der Waals surface area contributed by atoms with Crippen LogP contribution in [0.3, 0.4) is 0 Å². The number of hydrogen-bond acceptors (Lipinski definition) is 4. The van der Waals surface area contributed by atoms with Crippen molar-refractivity contribution in [3.63, 3.8) is 0 Å². The Morgan fingerprint density at radius 2 is 2.27 bits per heavy atom. The molecule has 1 N–H and O–H groups in total. The van der Waals surface area contributed by atoms with Crippen LogP contribution >= 0.6 is 0 Å². The van der Waals surface area contributed by atoms with E-state index >= 15 is 0 Å². The molecule has 0 saturated carbocycles. The van der Waals surface area contributed by atoms with E-state index in [-0.39, 0.29) is 5.69 Å². The van der Waals surface area contributed by atoms with Gasteiger partial charge in [0, 0.05) is 24.1 Å². The van der Waals surface area contributed by atoms with Crippen LogP contribution in [0.15, 0.2) is 18.2 Å². The zero-order chi connectivity index (χ0) is 11.4. The summed E-state index contributed by atoms with van der Waals surface area (Å²) in [5, 5.41) is 19.8. The van der Waals surface area contributed by atoms with Crippen LogP contribution in [0.25, 0.3) is 0 Å². The maximum atomic E-state index is 10.5. The lowest BCUT2D eigenvalue weighted by Gasteiger charge is -2.09. The predicted octanol–water partition coefficient (Wildman–Crippen LogP) is 1.53. The maximum absolute atomic E-state index is 10.5. The number of rotatable bonds is 4. The monoisotopic (exact) mass is 211 g/mol. The fraction of sp³-hybridized carbons (Fsp3) is 0.400. The molecule has 0 aliphatic carbocycles. The fourth-order valence-electron chi connectivity index (χ4n) is 1.36. The quantitative estimate of drug-likeness (QED) is 0.605. The van der Waals surface area contributed by atoms with Crippen LogP contribution in [-0.4, -0.2) is 23.2 Å². The lowest BCUT2D eigenvalue weighted by Crippen LogP contribution is -2.06. The van der Waals surface area contributed by atoms with Crippen LogP contribution in [0.2, 0.25) is 0 Å². The molecule has 15 heavy (non-hydrogen) atoms. The van der Waals surface area contributed by atoms with E-state index in [4.69, 9.17) is 4.74 Å². The number of nitrogens with zero attached hydrogens (tertiary/aromatic N) is 1. The summed E-state index contributed by atoms with van der Waals surface area (Å²) < 4.78 is 5.05. The Balaban J connectivity index is 3.07. The third-order valence-corrected chi connectivity index (χ3v) is 1.99. The largest absolute Gasteiger partial charge is 0.496 e. The van der Waals surface area contributed by atoms with Gasteiger partial charge >= 0.3 is 0 Å². The Morgan fingerprint density at radius 3 is 2.73 bits per heavy atom. The van der Waals surface area contributed by atoms with Gasteiger partial charge in [-0.1, -0.05) is 0 Å². The van der Waals surface area contributed by atoms with Crippen molar-refractivity contribution in [2.45, 2.75) is 19.4 Å². The van der Waals surface area contributed by atoms with Gasteiger partial charge in [-0.2, -0.15) is 0 Å². The Morgan fingerprint density at radius 1 is 1.60 bits per heavy atom. The van der Waals surface area contributed by atoms with Gasteiger partial charge in [-0.15, -0.1) is 0 Å². The highest BCUT2D eigenvalue weighted by molar-refractivity contribution is 5.44. The van der Waals surface area contributed by atoms with Crippen LogP contribution in [0.1, 0.15) is 12.5 Å². The standard InChI is InChI=1S/C10H13NO4/c1-7(12)5-8-6-9(11(13)14)3-4-10(8)15-2/h3-4,6-7,12H,5H2,1-2H3. The lowest BCUT2D eigenvalue weighted by molar-refractivity contribution is -0.384. The fourth-order valence-corrected chi connectivity index (χ4v) is 1.36. The first kappa shape index (κ1) is 11.5. The third-order valence-electron chi connectivity index (χ3n) is 1.99. The Kier molecular flexibility index (Phi) is 3.62. The van der Waals surface area contributed by atoms with Gasteiger partial charge in [0.05, 0.1) is 18.1 Å². The second-order valence-corrected chi connectivity index (χ2v) is 3.31. The van der Waals surface area contributed by atoms with Gasteiger partial charge in [-0.05, 0) is 13.0 Å².